The molecular formula is C15H22ClF3N2O3. The van der Waals surface area contributed by atoms with Crippen LogP contribution in [-0.4, -0.2) is 58.6 Å². The number of methoxy groups -OCH3 is 3. The third kappa shape index (κ3) is 4.37. The van der Waals surface area contributed by atoms with Gasteiger partial charge in [0.2, 0.25) is 5.75 Å². The summed E-state index contributed by atoms with van der Waals surface area (Å²) in [6.07, 6.45) is -4.40. The van der Waals surface area contributed by atoms with Gasteiger partial charge in [-0.05, 0) is 17.7 Å². The fourth-order valence-corrected chi connectivity index (χ4v) is 2.81. The van der Waals surface area contributed by atoms with Crippen molar-refractivity contribution in [3.05, 3.63) is 17.7 Å². The van der Waals surface area contributed by atoms with Gasteiger partial charge in [0, 0.05) is 26.2 Å². The summed E-state index contributed by atoms with van der Waals surface area (Å²) in [5.41, 5.74) is 0.0777. The van der Waals surface area contributed by atoms with Crippen LogP contribution in [0, 0.1) is 0 Å². The molecule has 1 aliphatic heterocycles. The quantitative estimate of drug-likeness (QED) is 0.863. The van der Waals surface area contributed by atoms with Crippen LogP contribution in [0.25, 0.3) is 0 Å². The van der Waals surface area contributed by atoms with E-state index >= 15 is 0 Å². The average Bonchev–Trinajstić information content (AvgIpc) is 2.53. The smallest absolute Gasteiger partial charge is 0.408 e. The molecule has 1 N–H and O–H groups in total. The Bertz CT molecular complexity index is 512. The zero-order valence-corrected chi connectivity index (χ0v) is 14.6. The molecule has 5 nitrogen and oxygen atoms in total. The Kier molecular flexibility index (Phi) is 7.44. The van der Waals surface area contributed by atoms with Gasteiger partial charge in [0.05, 0.1) is 21.3 Å². The van der Waals surface area contributed by atoms with Gasteiger partial charge in [-0.25, -0.2) is 0 Å². The van der Waals surface area contributed by atoms with Crippen molar-refractivity contribution in [3.63, 3.8) is 0 Å². The number of hydrogen-bond donors (Lipinski definition) is 1. The summed E-state index contributed by atoms with van der Waals surface area (Å²) < 4.78 is 56.5. The molecule has 2 rings (SSSR count). The average molecular weight is 371 g/mol. The molecule has 1 saturated heterocycles. The molecule has 1 aliphatic rings. The summed E-state index contributed by atoms with van der Waals surface area (Å²) >= 11 is 0. The van der Waals surface area contributed by atoms with E-state index in [0.717, 1.165) is 0 Å². The van der Waals surface area contributed by atoms with Gasteiger partial charge in [0.25, 0.3) is 0 Å². The van der Waals surface area contributed by atoms with E-state index < -0.39 is 12.2 Å². The first-order chi connectivity index (χ1) is 10.9. The minimum atomic E-state index is -4.40. The van der Waals surface area contributed by atoms with Crippen LogP contribution in [0.2, 0.25) is 0 Å². The second-order valence-corrected chi connectivity index (χ2v) is 5.19. The Morgan fingerprint density at radius 2 is 1.50 bits per heavy atom. The Labute approximate surface area is 145 Å². The summed E-state index contributed by atoms with van der Waals surface area (Å²) in [6.45, 7) is 1.69. The lowest BCUT2D eigenvalue weighted by Crippen LogP contribution is -2.49. The highest BCUT2D eigenvalue weighted by atomic mass is 35.5. The molecule has 0 aromatic heterocycles. The van der Waals surface area contributed by atoms with E-state index in [2.05, 4.69) is 5.32 Å². The van der Waals surface area contributed by atoms with Gasteiger partial charge in [0.1, 0.15) is 6.04 Å². The summed E-state index contributed by atoms with van der Waals surface area (Å²) in [7, 11) is 4.18. The molecule has 1 aromatic carbocycles. The third-order valence-corrected chi connectivity index (χ3v) is 3.83. The van der Waals surface area contributed by atoms with Crippen molar-refractivity contribution in [1.82, 2.24) is 10.2 Å². The van der Waals surface area contributed by atoms with E-state index in [-0.39, 0.29) is 35.2 Å². The lowest BCUT2D eigenvalue weighted by molar-refractivity contribution is -0.187. The topological polar surface area (TPSA) is 43.0 Å². The van der Waals surface area contributed by atoms with Gasteiger partial charge in [-0.15, -0.1) is 12.4 Å². The first-order valence-electron chi connectivity index (χ1n) is 7.23. The van der Waals surface area contributed by atoms with E-state index in [1.165, 1.54) is 38.4 Å². The van der Waals surface area contributed by atoms with Crippen LogP contribution in [0.1, 0.15) is 11.6 Å². The summed E-state index contributed by atoms with van der Waals surface area (Å²) in [4.78, 5) is 1.41. The van der Waals surface area contributed by atoms with Gasteiger partial charge in [-0.1, -0.05) is 0 Å². The van der Waals surface area contributed by atoms with Gasteiger partial charge >= 0.3 is 6.18 Å². The first kappa shape index (κ1) is 20.7. The molecule has 1 heterocycles. The Morgan fingerprint density at radius 1 is 1.00 bits per heavy atom. The molecule has 24 heavy (non-hydrogen) atoms. The highest BCUT2D eigenvalue weighted by Gasteiger charge is 2.45. The van der Waals surface area contributed by atoms with Crippen LogP contribution in [-0.2, 0) is 0 Å². The zero-order chi connectivity index (χ0) is 17.0. The molecule has 0 unspecified atom stereocenters. The van der Waals surface area contributed by atoms with E-state index in [4.69, 9.17) is 14.2 Å². The van der Waals surface area contributed by atoms with Crippen molar-refractivity contribution in [2.24, 2.45) is 0 Å². The normalized spacial score (nSPS) is 16.9. The van der Waals surface area contributed by atoms with E-state index in [0.29, 0.717) is 26.2 Å². The Morgan fingerprint density at radius 3 is 1.88 bits per heavy atom. The van der Waals surface area contributed by atoms with Gasteiger partial charge in [0.15, 0.2) is 11.5 Å². The largest absolute Gasteiger partial charge is 0.493 e. The molecule has 138 valence electrons. The van der Waals surface area contributed by atoms with Crippen molar-refractivity contribution in [1.29, 1.82) is 0 Å². The highest BCUT2D eigenvalue weighted by Crippen LogP contribution is 2.45. The van der Waals surface area contributed by atoms with Crippen molar-refractivity contribution in [2.45, 2.75) is 12.2 Å². The maximum atomic E-state index is 13.7. The molecule has 0 aliphatic carbocycles. The second kappa shape index (κ2) is 8.64. The SMILES string of the molecule is COc1cc([C@@H](N2CCNCC2)C(F)(F)F)cc(OC)c1OC.Cl. The zero-order valence-electron chi connectivity index (χ0n) is 13.8. The number of hydrogen-bond acceptors (Lipinski definition) is 5. The summed E-state index contributed by atoms with van der Waals surface area (Å²) in [5, 5.41) is 3.06. The van der Waals surface area contributed by atoms with Crippen molar-refractivity contribution < 1.29 is 27.4 Å². The monoisotopic (exact) mass is 370 g/mol. The van der Waals surface area contributed by atoms with Crippen LogP contribution >= 0.6 is 12.4 Å². The van der Waals surface area contributed by atoms with Crippen molar-refractivity contribution in [2.75, 3.05) is 47.5 Å². The fourth-order valence-electron chi connectivity index (χ4n) is 2.81. The minimum Gasteiger partial charge on any atom is -0.493 e. The van der Waals surface area contributed by atoms with E-state index in [1.54, 1.807) is 0 Å². The number of halogens is 4. The standard InChI is InChI=1S/C15H21F3N2O3.ClH/c1-21-11-8-10(9-12(22-2)13(11)23-3)14(15(16,17)18)20-6-4-19-5-7-20;/h8-9,14,19H,4-7H2,1-3H3;1H/t14-;/m1./s1. The summed E-state index contributed by atoms with van der Waals surface area (Å²) in [5.74, 6) is 0.706. The number of ether oxygens (including phenoxy) is 3. The second-order valence-electron chi connectivity index (χ2n) is 5.19. The van der Waals surface area contributed by atoms with Crippen LogP contribution < -0.4 is 19.5 Å². The number of nitrogens with one attached hydrogen (secondary N) is 1. The number of nitrogens with zero attached hydrogens (tertiary/aromatic N) is 1. The third-order valence-electron chi connectivity index (χ3n) is 3.83. The predicted molar refractivity (Wildman–Crippen MR) is 86.6 cm³/mol. The van der Waals surface area contributed by atoms with Crippen molar-refractivity contribution in [3.8, 4) is 17.2 Å². The first-order valence-corrected chi connectivity index (χ1v) is 7.23. The maximum Gasteiger partial charge on any atom is 0.408 e. The molecule has 1 fully saturated rings. The fraction of sp³-hybridized carbons (Fsp3) is 0.600. The van der Waals surface area contributed by atoms with Gasteiger partial charge in [-0.3, -0.25) is 4.90 Å². The molecule has 0 amide bonds. The molecule has 0 spiro atoms. The van der Waals surface area contributed by atoms with E-state index in [9.17, 15) is 13.2 Å². The predicted octanol–water partition coefficient (Wildman–Crippen LogP) is 2.64. The van der Waals surface area contributed by atoms with Crippen LogP contribution in [0.15, 0.2) is 12.1 Å². The molecule has 0 radical (unpaired) electrons. The number of alkyl halides is 3. The lowest BCUT2D eigenvalue weighted by atomic mass is 10.0. The number of rotatable bonds is 5. The maximum absolute atomic E-state index is 13.7. The highest BCUT2D eigenvalue weighted by molar-refractivity contribution is 5.85. The molecule has 1 atom stereocenters. The van der Waals surface area contributed by atoms with Crippen LogP contribution in [0.3, 0.4) is 0 Å². The van der Waals surface area contributed by atoms with E-state index in [1.807, 2.05) is 0 Å². The molecule has 0 saturated carbocycles. The molecular weight excluding hydrogens is 349 g/mol. The Balaban J connectivity index is 0.00000288. The summed E-state index contributed by atoms with van der Waals surface area (Å²) in [6, 6.07) is 1.02. The van der Waals surface area contributed by atoms with Crippen molar-refractivity contribution >= 4 is 12.4 Å². The van der Waals surface area contributed by atoms with Gasteiger partial charge < -0.3 is 19.5 Å². The lowest BCUT2D eigenvalue weighted by Gasteiger charge is -2.36. The van der Waals surface area contributed by atoms with Crippen LogP contribution in [0.5, 0.6) is 17.2 Å². The molecule has 0 bridgehead atoms. The van der Waals surface area contributed by atoms with Gasteiger partial charge in [-0.2, -0.15) is 13.2 Å². The molecule has 9 heteroatoms. The van der Waals surface area contributed by atoms with Crippen LogP contribution in [0.4, 0.5) is 13.2 Å². The molecule has 1 aromatic rings. The Hall–Kier alpha value is -1.38. The number of benzene rings is 1. The number of piperazine rings is 1. The minimum absolute atomic E-state index is 0.